The molecule has 0 aliphatic carbocycles. The monoisotopic (exact) mass is 235 g/mol. The van der Waals surface area contributed by atoms with Gasteiger partial charge < -0.3 is 0 Å². The molecule has 2 aromatic heterocycles. The number of halogens is 1. The van der Waals surface area contributed by atoms with Crippen LogP contribution in [0.4, 0.5) is 4.39 Å². The second-order valence-corrected chi connectivity index (χ2v) is 5.40. The summed E-state index contributed by atoms with van der Waals surface area (Å²) in [5, 5.41) is 0. The Bertz CT molecular complexity index is 459. The van der Waals surface area contributed by atoms with Gasteiger partial charge >= 0.3 is 0 Å². The summed E-state index contributed by atoms with van der Waals surface area (Å²) < 4.78 is 12.7. The summed E-state index contributed by atoms with van der Waals surface area (Å²) in [5.74, 6) is 0.237. The molecule has 0 N–H and O–H groups in total. The first-order valence-corrected chi connectivity index (χ1v) is 6.17. The quantitative estimate of drug-likeness (QED) is 0.728. The van der Waals surface area contributed by atoms with Gasteiger partial charge in [-0.1, -0.05) is 13.8 Å². The van der Waals surface area contributed by atoms with E-state index in [0.29, 0.717) is 5.92 Å². The fourth-order valence-electron chi connectivity index (χ4n) is 1.57. The predicted molar refractivity (Wildman–Crippen MR) is 66.1 cm³/mol. The van der Waals surface area contributed by atoms with Crippen molar-refractivity contribution in [1.29, 1.82) is 0 Å². The summed E-state index contributed by atoms with van der Waals surface area (Å²) in [7, 11) is 0. The van der Waals surface area contributed by atoms with Gasteiger partial charge in [-0.25, -0.2) is 4.98 Å². The van der Waals surface area contributed by atoms with E-state index in [2.05, 4.69) is 31.0 Å². The molecule has 0 atom stereocenters. The molecule has 84 valence electrons. The first kappa shape index (κ1) is 11.3. The van der Waals surface area contributed by atoms with Crippen LogP contribution in [0.5, 0.6) is 0 Å². The fraction of sp³-hybridized carbons (Fsp3) is 0.308. The average Bonchev–Trinajstić information content (AvgIpc) is 2.66. The molecule has 0 radical (unpaired) electrons. The third-order valence-electron chi connectivity index (χ3n) is 2.28. The second-order valence-electron chi connectivity index (χ2n) is 4.23. The van der Waals surface area contributed by atoms with Gasteiger partial charge in [0, 0.05) is 21.5 Å². The van der Waals surface area contributed by atoms with Gasteiger partial charge in [0.05, 0.1) is 0 Å². The molecular formula is C13H14FNS. The highest BCUT2D eigenvalue weighted by Crippen LogP contribution is 2.28. The molecule has 0 amide bonds. The van der Waals surface area contributed by atoms with Gasteiger partial charge in [0.2, 0.25) is 5.95 Å². The summed E-state index contributed by atoms with van der Waals surface area (Å²) in [5.41, 5.74) is 0.987. The number of aromatic nitrogens is 1. The van der Waals surface area contributed by atoms with E-state index in [0.717, 1.165) is 16.9 Å². The Morgan fingerprint density at radius 2 is 2.06 bits per heavy atom. The van der Waals surface area contributed by atoms with Gasteiger partial charge in [-0.2, -0.15) is 4.39 Å². The van der Waals surface area contributed by atoms with Crippen LogP contribution in [0.1, 0.15) is 18.7 Å². The van der Waals surface area contributed by atoms with Crippen molar-refractivity contribution in [3.63, 3.8) is 0 Å². The molecule has 16 heavy (non-hydrogen) atoms. The molecule has 0 saturated heterocycles. The number of rotatable bonds is 3. The molecule has 0 spiro atoms. The Kier molecular flexibility index (Phi) is 3.34. The van der Waals surface area contributed by atoms with Gasteiger partial charge in [-0.3, -0.25) is 0 Å². The third kappa shape index (κ3) is 2.67. The van der Waals surface area contributed by atoms with Crippen LogP contribution in [0, 0.1) is 11.9 Å². The SMILES string of the molecule is CC(C)Cc1ccc(-c2ccc(F)nc2)s1. The molecule has 0 unspecified atom stereocenters. The molecule has 2 aromatic rings. The highest BCUT2D eigenvalue weighted by atomic mass is 32.1. The van der Waals surface area contributed by atoms with E-state index in [9.17, 15) is 4.39 Å². The van der Waals surface area contributed by atoms with E-state index < -0.39 is 5.95 Å². The molecule has 0 aliphatic heterocycles. The Morgan fingerprint density at radius 1 is 1.25 bits per heavy atom. The topological polar surface area (TPSA) is 12.9 Å². The molecule has 0 bridgehead atoms. The van der Waals surface area contributed by atoms with Crippen LogP contribution in [0.15, 0.2) is 30.5 Å². The maximum absolute atomic E-state index is 12.7. The van der Waals surface area contributed by atoms with Crippen molar-refractivity contribution in [1.82, 2.24) is 4.98 Å². The Hall–Kier alpha value is -1.22. The van der Waals surface area contributed by atoms with Gasteiger partial charge in [0.1, 0.15) is 0 Å². The van der Waals surface area contributed by atoms with E-state index in [4.69, 9.17) is 0 Å². The van der Waals surface area contributed by atoms with Crippen LogP contribution in [0.25, 0.3) is 10.4 Å². The molecular weight excluding hydrogens is 221 g/mol. The summed E-state index contributed by atoms with van der Waals surface area (Å²) in [6.45, 7) is 4.41. The van der Waals surface area contributed by atoms with Crippen molar-refractivity contribution in [2.75, 3.05) is 0 Å². The molecule has 2 rings (SSSR count). The zero-order chi connectivity index (χ0) is 11.5. The molecule has 0 aromatic carbocycles. The highest BCUT2D eigenvalue weighted by molar-refractivity contribution is 7.15. The maximum Gasteiger partial charge on any atom is 0.212 e. The van der Waals surface area contributed by atoms with Gasteiger partial charge in [-0.05, 0) is 36.6 Å². The minimum Gasteiger partial charge on any atom is -0.228 e. The van der Waals surface area contributed by atoms with Crippen LogP contribution < -0.4 is 0 Å². The Balaban J connectivity index is 2.21. The summed E-state index contributed by atoms with van der Waals surface area (Å²) in [6.07, 6.45) is 2.68. The zero-order valence-corrected chi connectivity index (χ0v) is 10.2. The molecule has 0 aliphatic rings. The van der Waals surface area contributed by atoms with Gasteiger partial charge in [-0.15, -0.1) is 11.3 Å². The predicted octanol–water partition coefficient (Wildman–Crippen LogP) is 4.15. The summed E-state index contributed by atoms with van der Waals surface area (Å²) in [4.78, 5) is 6.19. The molecule has 2 heterocycles. The number of pyridine rings is 1. The minimum absolute atomic E-state index is 0.428. The van der Waals surface area contributed by atoms with Crippen molar-refractivity contribution in [3.05, 3.63) is 41.3 Å². The van der Waals surface area contributed by atoms with E-state index in [-0.39, 0.29) is 0 Å². The largest absolute Gasteiger partial charge is 0.228 e. The lowest BCUT2D eigenvalue weighted by atomic mass is 10.1. The lowest BCUT2D eigenvalue weighted by molar-refractivity contribution is 0.584. The number of hydrogen-bond donors (Lipinski definition) is 0. The van der Waals surface area contributed by atoms with Crippen LogP contribution in [0.2, 0.25) is 0 Å². The minimum atomic E-state index is -0.428. The number of nitrogens with zero attached hydrogens (tertiary/aromatic N) is 1. The fourth-order valence-corrected chi connectivity index (χ4v) is 2.78. The van der Waals surface area contributed by atoms with E-state index in [1.165, 1.54) is 10.9 Å². The van der Waals surface area contributed by atoms with Crippen molar-refractivity contribution in [2.24, 2.45) is 5.92 Å². The summed E-state index contributed by atoms with van der Waals surface area (Å²) >= 11 is 1.76. The Morgan fingerprint density at radius 3 is 2.69 bits per heavy atom. The van der Waals surface area contributed by atoms with E-state index in [1.807, 2.05) is 0 Å². The molecule has 0 fully saturated rings. The van der Waals surface area contributed by atoms with Gasteiger partial charge in [0.15, 0.2) is 0 Å². The maximum atomic E-state index is 12.7. The Labute approximate surface area is 99.0 Å². The first-order chi connectivity index (χ1) is 7.65. The normalized spacial score (nSPS) is 11.0. The summed E-state index contributed by atoms with van der Waals surface area (Å²) in [6, 6.07) is 7.39. The van der Waals surface area contributed by atoms with Crippen LogP contribution in [0.3, 0.4) is 0 Å². The van der Waals surface area contributed by atoms with E-state index in [1.54, 1.807) is 23.6 Å². The smallest absolute Gasteiger partial charge is 0.212 e. The molecule has 0 saturated carbocycles. The molecule has 1 nitrogen and oxygen atoms in total. The number of hydrogen-bond acceptors (Lipinski definition) is 2. The van der Waals surface area contributed by atoms with Crippen LogP contribution in [-0.4, -0.2) is 4.98 Å². The van der Waals surface area contributed by atoms with Crippen LogP contribution >= 0.6 is 11.3 Å². The van der Waals surface area contributed by atoms with Crippen molar-refractivity contribution in [2.45, 2.75) is 20.3 Å². The number of thiophene rings is 1. The first-order valence-electron chi connectivity index (χ1n) is 5.36. The second kappa shape index (κ2) is 4.74. The zero-order valence-electron chi connectivity index (χ0n) is 9.40. The van der Waals surface area contributed by atoms with Crippen molar-refractivity contribution >= 4 is 11.3 Å². The lowest BCUT2D eigenvalue weighted by Crippen LogP contribution is -1.89. The van der Waals surface area contributed by atoms with Gasteiger partial charge in [0.25, 0.3) is 0 Å². The van der Waals surface area contributed by atoms with Crippen LogP contribution in [-0.2, 0) is 6.42 Å². The highest BCUT2D eigenvalue weighted by Gasteiger charge is 2.05. The van der Waals surface area contributed by atoms with E-state index >= 15 is 0 Å². The molecule has 3 heteroatoms. The van der Waals surface area contributed by atoms with Crippen molar-refractivity contribution in [3.8, 4) is 10.4 Å². The van der Waals surface area contributed by atoms with Crippen molar-refractivity contribution < 1.29 is 4.39 Å². The lowest BCUT2D eigenvalue weighted by Gasteiger charge is -2.00. The third-order valence-corrected chi connectivity index (χ3v) is 3.44. The standard InChI is InChI=1S/C13H14FNS/c1-9(2)7-11-4-5-12(16-11)10-3-6-13(14)15-8-10/h3-6,8-9H,7H2,1-2H3. The average molecular weight is 235 g/mol.